The molecular formula is C19H28N4O2. The highest BCUT2D eigenvalue weighted by molar-refractivity contribution is 5.68. The van der Waals surface area contributed by atoms with Gasteiger partial charge in [-0.3, -0.25) is 9.58 Å². The van der Waals surface area contributed by atoms with Crippen molar-refractivity contribution in [3.05, 3.63) is 18.0 Å². The van der Waals surface area contributed by atoms with Crippen LogP contribution < -0.4 is 0 Å². The van der Waals surface area contributed by atoms with Crippen LogP contribution >= 0.6 is 0 Å². The maximum Gasteiger partial charge on any atom is 0.409 e. The van der Waals surface area contributed by atoms with Crippen molar-refractivity contribution in [2.24, 2.45) is 24.3 Å². The number of carbonyl (C=O) groups is 1. The zero-order valence-electron chi connectivity index (χ0n) is 15.2. The van der Waals surface area contributed by atoms with Crippen molar-refractivity contribution >= 4 is 6.09 Å². The summed E-state index contributed by atoms with van der Waals surface area (Å²) in [6, 6.07) is 2.92. The van der Waals surface area contributed by atoms with Gasteiger partial charge in [-0.1, -0.05) is 0 Å². The Balaban J connectivity index is 1.12. The van der Waals surface area contributed by atoms with Gasteiger partial charge in [0.1, 0.15) is 0 Å². The molecule has 1 aromatic rings. The predicted molar refractivity (Wildman–Crippen MR) is 93.2 cm³/mol. The number of aryl methyl sites for hydroxylation is 1. The van der Waals surface area contributed by atoms with Crippen LogP contribution in [-0.4, -0.2) is 64.5 Å². The van der Waals surface area contributed by atoms with Gasteiger partial charge in [-0.05, 0) is 49.5 Å². The molecule has 1 aromatic heterocycles. The van der Waals surface area contributed by atoms with Crippen molar-refractivity contribution in [1.29, 1.82) is 0 Å². The van der Waals surface area contributed by atoms with E-state index in [0.717, 1.165) is 37.4 Å². The largest absolute Gasteiger partial charge is 0.450 e. The summed E-state index contributed by atoms with van der Waals surface area (Å²) in [5.41, 5.74) is 1.67. The van der Waals surface area contributed by atoms with E-state index in [1.807, 2.05) is 23.6 Å². The van der Waals surface area contributed by atoms with Crippen LogP contribution in [-0.2, 0) is 11.8 Å². The smallest absolute Gasteiger partial charge is 0.409 e. The molecule has 5 rings (SSSR count). The van der Waals surface area contributed by atoms with Gasteiger partial charge in [0.25, 0.3) is 0 Å². The Hall–Kier alpha value is -1.56. The third-order valence-corrected chi connectivity index (χ3v) is 7.12. The van der Waals surface area contributed by atoms with E-state index in [0.29, 0.717) is 17.9 Å². The molecule has 25 heavy (non-hydrogen) atoms. The quantitative estimate of drug-likeness (QED) is 0.842. The number of piperidine rings is 1. The van der Waals surface area contributed by atoms with Gasteiger partial charge >= 0.3 is 6.09 Å². The fraction of sp³-hybridized carbons (Fsp3) is 0.789. The first-order valence-electron chi connectivity index (χ1n) is 9.74. The topological polar surface area (TPSA) is 50.6 Å². The van der Waals surface area contributed by atoms with Gasteiger partial charge in [0.05, 0.1) is 12.3 Å². The van der Waals surface area contributed by atoms with E-state index in [4.69, 9.17) is 4.74 Å². The number of rotatable bonds is 3. The number of hydrogen-bond acceptors (Lipinski definition) is 4. The summed E-state index contributed by atoms with van der Waals surface area (Å²) in [6.07, 6.45) is 5.61. The average molecular weight is 344 g/mol. The molecule has 6 nitrogen and oxygen atoms in total. The number of hydrogen-bond donors (Lipinski definition) is 0. The maximum absolute atomic E-state index is 11.9. The molecule has 1 spiro atoms. The van der Waals surface area contributed by atoms with E-state index >= 15 is 0 Å². The highest BCUT2D eigenvalue weighted by Gasteiger charge is 2.60. The first kappa shape index (κ1) is 15.7. The van der Waals surface area contributed by atoms with Gasteiger partial charge in [0.2, 0.25) is 0 Å². The lowest BCUT2D eigenvalue weighted by atomic mass is 9.64. The van der Waals surface area contributed by atoms with Crippen molar-refractivity contribution in [3.8, 4) is 0 Å². The van der Waals surface area contributed by atoms with Crippen molar-refractivity contribution in [1.82, 2.24) is 19.6 Å². The molecule has 2 saturated carbocycles. The van der Waals surface area contributed by atoms with Crippen LogP contribution in [0.1, 0.15) is 37.8 Å². The minimum atomic E-state index is -0.122. The minimum Gasteiger partial charge on any atom is -0.450 e. The van der Waals surface area contributed by atoms with E-state index in [1.54, 1.807) is 0 Å². The summed E-state index contributed by atoms with van der Waals surface area (Å²) in [6.45, 7) is 6.61. The van der Waals surface area contributed by atoms with Crippen LogP contribution in [0.4, 0.5) is 4.79 Å². The van der Waals surface area contributed by atoms with Crippen LogP contribution in [0.2, 0.25) is 0 Å². The molecule has 2 unspecified atom stereocenters. The zero-order chi connectivity index (χ0) is 17.2. The molecule has 2 saturated heterocycles. The summed E-state index contributed by atoms with van der Waals surface area (Å²) < 4.78 is 7.08. The number of fused-ring (bicyclic) bond motifs is 1. The van der Waals surface area contributed by atoms with Gasteiger partial charge in [-0.25, -0.2) is 4.79 Å². The maximum atomic E-state index is 11.9. The number of ether oxygens (including phenoxy) is 1. The first-order chi connectivity index (χ1) is 12.1. The van der Waals surface area contributed by atoms with Crippen LogP contribution in [0.25, 0.3) is 0 Å². The lowest BCUT2D eigenvalue weighted by molar-refractivity contribution is 0.0117. The molecular weight excluding hydrogens is 316 g/mol. The second kappa shape index (κ2) is 5.47. The van der Waals surface area contributed by atoms with Gasteiger partial charge < -0.3 is 9.64 Å². The summed E-state index contributed by atoms with van der Waals surface area (Å²) in [5.74, 6) is 2.36. The van der Waals surface area contributed by atoms with Crippen molar-refractivity contribution in [3.63, 3.8) is 0 Å². The molecule has 1 amide bonds. The lowest BCUT2D eigenvalue weighted by Crippen LogP contribution is -2.52. The molecule has 4 fully saturated rings. The minimum absolute atomic E-state index is 0.122. The van der Waals surface area contributed by atoms with Crippen molar-refractivity contribution < 1.29 is 9.53 Å². The van der Waals surface area contributed by atoms with Gasteiger partial charge in [-0.15, -0.1) is 0 Å². The third-order valence-electron chi connectivity index (χ3n) is 7.12. The van der Waals surface area contributed by atoms with Crippen molar-refractivity contribution in [2.75, 3.05) is 32.8 Å². The van der Waals surface area contributed by atoms with Gasteiger partial charge in [-0.2, -0.15) is 5.10 Å². The van der Waals surface area contributed by atoms with Gasteiger partial charge in [0, 0.05) is 51.4 Å². The van der Waals surface area contributed by atoms with E-state index in [2.05, 4.69) is 22.3 Å². The highest BCUT2D eigenvalue weighted by atomic mass is 16.6. The number of nitrogens with zero attached hydrogens (tertiary/aromatic N) is 4. The fourth-order valence-corrected chi connectivity index (χ4v) is 5.74. The molecule has 0 radical (unpaired) electrons. The molecule has 2 atom stereocenters. The Kier molecular flexibility index (Phi) is 3.43. The summed E-state index contributed by atoms with van der Waals surface area (Å²) in [4.78, 5) is 16.5. The van der Waals surface area contributed by atoms with Gasteiger partial charge in [0.15, 0.2) is 0 Å². The zero-order valence-corrected chi connectivity index (χ0v) is 15.2. The Morgan fingerprint density at radius 3 is 2.76 bits per heavy atom. The van der Waals surface area contributed by atoms with E-state index < -0.39 is 0 Å². The Morgan fingerprint density at radius 2 is 2.12 bits per heavy atom. The molecule has 6 heteroatoms. The van der Waals surface area contributed by atoms with E-state index in [9.17, 15) is 4.79 Å². The normalized spacial score (nSPS) is 39.5. The molecule has 3 heterocycles. The summed E-state index contributed by atoms with van der Waals surface area (Å²) >= 11 is 0. The van der Waals surface area contributed by atoms with E-state index in [1.165, 1.54) is 31.6 Å². The Labute approximate surface area is 149 Å². The average Bonchev–Trinajstić information content (AvgIpc) is 3.02. The highest BCUT2D eigenvalue weighted by Crippen LogP contribution is 2.60. The molecule has 136 valence electrons. The number of aromatic nitrogens is 2. The molecule has 0 aromatic carbocycles. The number of carbonyl (C=O) groups excluding carboxylic acids is 1. The Morgan fingerprint density at radius 1 is 1.36 bits per heavy atom. The second-order valence-electron chi connectivity index (χ2n) is 8.65. The van der Waals surface area contributed by atoms with Crippen LogP contribution in [0.5, 0.6) is 0 Å². The number of likely N-dealkylation sites (tertiary alicyclic amines) is 2. The molecule has 0 bridgehead atoms. The molecule has 2 aliphatic carbocycles. The SMILES string of the molecule is CCOC(=O)N1CCC2(CC(N3CC4C(C3)C4c3ccn(C)n3)C2)C1. The van der Waals surface area contributed by atoms with E-state index in [-0.39, 0.29) is 6.09 Å². The fourth-order valence-electron chi connectivity index (χ4n) is 5.74. The summed E-state index contributed by atoms with van der Waals surface area (Å²) in [7, 11) is 2.00. The predicted octanol–water partition coefficient (Wildman–Crippen LogP) is 2.08. The first-order valence-corrected chi connectivity index (χ1v) is 9.74. The summed E-state index contributed by atoms with van der Waals surface area (Å²) in [5, 5.41) is 4.61. The van der Waals surface area contributed by atoms with Crippen LogP contribution in [0, 0.1) is 17.3 Å². The molecule has 2 aliphatic heterocycles. The molecule has 0 N–H and O–H groups in total. The van der Waals surface area contributed by atoms with Crippen LogP contribution in [0.15, 0.2) is 12.3 Å². The standard InChI is InChI=1S/C19H28N4O2/c1-3-25-18(24)22-7-5-19(12-22)8-13(9-19)23-10-14-15(11-23)17(14)16-4-6-21(2)20-16/h4,6,13-15,17H,3,5,7-12H2,1-2H3. The van der Waals surface area contributed by atoms with Crippen LogP contribution in [0.3, 0.4) is 0 Å². The molecule has 4 aliphatic rings. The Bertz CT molecular complexity index is 669. The second-order valence-corrected chi connectivity index (χ2v) is 8.65. The van der Waals surface area contributed by atoms with Crippen molar-refractivity contribution in [2.45, 2.75) is 38.1 Å². The lowest BCUT2D eigenvalue weighted by Gasteiger charge is -2.49. The third kappa shape index (κ3) is 2.48. The number of amides is 1. The monoisotopic (exact) mass is 344 g/mol.